The maximum absolute atomic E-state index is 13.8. The first-order valence-corrected chi connectivity index (χ1v) is 6.99. The highest BCUT2D eigenvalue weighted by Crippen LogP contribution is 2.29. The Balaban J connectivity index is 2.31. The van der Waals surface area contributed by atoms with Crippen molar-refractivity contribution < 1.29 is 4.39 Å². The Hall–Kier alpha value is -0.840. The van der Waals surface area contributed by atoms with E-state index >= 15 is 0 Å². The Bertz CT molecular complexity index is 619. The molecule has 2 aromatic carbocycles. The molecule has 106 valence electrons. The van der Waals surface area contributed by atoms with E-state index in [9.17, 15) is 4.39 Å². The topological polar surface area (TPSA) is 38.0 Å². The Labute approximate surface area is 131 Å². The van der Waals surface area contributed by atoms with Crippen LogP contribution in [-0.4, -0.2) is 0 Å². The van der Waals surface area contributed by atoms with E-state index in [1.165, 1.54) is 6.07 Å². The molecule has 0 fully saturated rings. The zero-order valence-electron chi connectivity index (χ0n) is 10.3. The number of benzene rings is 2. The van der Waals surface area contributed by atoms with Gasteiger partial charge >= 0.3 is 0 Å². The molecule has 0 aromatic heterocycles. The van der Waals surface area contributed by atoms with Crippen molar-refractivity contribution in [2.45, 2.75) is 12.5 Å². The van der Waals surface area contributed by atoms with Crippen molar-refractivity contribution in [2.24, 2.45) is 5.84 Å². The van der Waals surface area contributed by atoms with E-state index in [2.05, 4.69) is 5.43 Å². The van der Waals surface area contributed by atoms with E-state index in [0.717, 1.165) is 5.56 Å². The van der Waals surface area contributed by atoms with Gasteiger partial charge in [0.2, 0.25) is 0 Å². The van der Waals surface area contributed by atoms with Gasteiger partial charge in [-0.2, -0.15) is 0 Å². The van der Waals surface area contributed by atoms with Crippen molar-refractivity contribution in [1.82, 2.24) is 5.43 Å². The van der Waals surface area contributed by atoms with Gasteiger partial charge in [-0.1, -0.05) is 40.9 Å². The van der Waals surface area contributed by atoms with Gasteiger partial charge in [-0.05, 0) is 47.9 Å². The summed E-state index contributed by atoms with van der Waals surface area (Å²) in [4.78, 5) is 0. The summed E-state index contributed by atoms with van der Waals surface area (Å²) < 4.78 is 13.8. The highest BCUT2D eigenvalue weighted by atomic mass is 35.5. The van der Waals surface area contributed by atoms with Crippen LogP contribution < -0.4 is 11.3 Å². The van der Waals surface area contributed by atoms with Crippen LogP contribution in [0.1, 0.15) is 17.2 Å². The second-order valence-electron chi connectivity index (χ2n) is 4.32. The van der Waals surface area contributed by atoms with E-state index < -0.39 is 0 Å². The third-order valence-electron chi connectivity index (χ3n) is 2.97. The van der Waals surface area contributed by atoms with Gasteiger partial charge in [-0.3, -0.25) is 11.3 Å². The van der Waals surface area contributed by atoms with Crippen molar-refractivity contribution in [3.05, 3.63) is 68.4 Å². The summed E-state index contributed by atoms with van der Waals surface area (Å²) in [5.74, 6) is 5.17. The summed E-state index contributed by atoms with van der Waals surface area (Å²) in [6.07, 6.45) is 0.333. The molecule has 0 radical (unpaired) electrons. The lowest BCUT2D eigenvalue weighted by Gasteiger charge is -2.18. The lowest BCUT2D eigenvalue weighted by Crippen LogP contribution is -2.30. The SMILES string of the molecule is NNC(Cc1ccc(Cl)cc1F)c1cc(Cl)ccc1Cl. The first-order chi connectivity index (χ1) is 9.51. The average Bonchev–Trinajstić information content (AvgIpc) is 2.41. The fourth-order valence-electron chi connectivity index (χ4n) is 1.95. The Kier molecular flexibility index (Phi) is 5.24. The van der Waals surface area contributed by atoms with Gasteiger partial charge in [0.15, 0.2) is 0 Å². The molecule has 0 saturated carbocycles. The summed E-state index contributed by atoms with van der Waals surface area (Å²) in [6.45, 7) is 0. The van der Waals surface area contributed by atoms with E-state index in [1.807, 2.05) is 0 Å². The minimum absolute atomic E-state index is 0.333. The fraction of sp³-hybridized carbons (Fsp3) is 0.143. The molecule has 2 rings (SSSR count). The molecule has 2 nitrogen and oxygen atoms in total. The van der Waals surface area contributed by atoms with Crippen molar-refractivity contribution in [3.63, 3.8) is 0 Å². The fourth-order valence-corrected chi connectivity index (χ4v) is 2.54. The number of nitrogens with one attached hydrogen (secondary N) is 1. The number of hydrogen-bond acceptors (Lipinski definition) is 2. The van der Waals surface area contributed by atoms with Crippen LogP contribution >= 0.6 is 34.8 Å². The molecule has 3 N–H and O–H groups in total. The van der Waals surface area contributed by atoms with Crippen LogP contribution in [0, 0.1) is 5.82 Å². The van der Waals surface area contributed by atoms with E-state index in [0.29, 0.717) is 27.1 Å². The zero-order valence-corrected chi connectivity index (χ0v) is 12.6. The van der Waals surface area contributed by atoms with Gasteiger partial charge in [-0.25, -0.2) is 4.39 Å². The molecule has 1 atom stereocenters. The highest BCUT2D eigenvalue weighted by Gasteiger charge is 2.16. The maximum atomic E-state index is 13.8. The summed E-state index contributed by atoms with van der Waals surface area (Å²) in [7, 11) is 0. The van der Waals surface area contributed by atoms with Crippen molar-refractivity contribution >= 4 is 34.8 Å². The normalized spacial score (nSPS) is 12.4. The molecular formula is C14H12Cl3FN2. The Morgan fingerprint density at radius 2 is 1.70 bits per heavy atom. The van der Waals surface area contributed by atoms with Gasteiger partial charge in [0.05, 0.1) is 6.04 Å². The molecule has 0 heterocycles. The second kappa shape index (κ2) is 6.74. The van der Waals surface area contributed by atoms with Gasteiger partial charge < -0.3 is 0 Å². The summed E-state index contributed by atoms with van der Waals surface area (Å²) in [5, 5.41) is 1.41. The second-order valence-corrected chi connectivity index (χ2v) is 5.61. The summed E-state index contributed by atoms with van der Waals surface area (Å²) >= 11 is 17.8. The molecule has 0 amide bonds. The van der Waals surface area contributed by atoms with Crippen LogP contribution in [0.2, 0.25) is 15.1 Å². The van der Waals surface area contributed by atoms with Crippen LogP contribution in [0.15, 0.2) is 36.4 Å². The number of nitrogens with two attached hydrogens (primary N) is 1. The Morgan fingerprint density at radius 1 is 1.05 bits per heavy atom. The largest absolute Gasteiger partial charge is 0.271 e. The van der Waals surface area contributed by atoms with Crippen LogP contribution in [-0.2, 0) is 6.42 Å². The number of hydrazine groups is 1. The van der Waals surface area contributed by atoms with Crippen molar-refractivity contribution in [1.29, 1.82) is 0 Å². The zero-order chi connectivity index (χ0) is 14.7. The van der Waals surface area contributed by atoms with Crippen LogP contribution in [0.3, 0.4) is 0 Å². The molecule has 0 spiro atoms. The first kappa shape index (κ1) is 15.5. The Morgan fingerprint density at radius 3 is 2.35 bits per heavy atom. The number of halogens is 4. The maximum Gasteiger partial charge on any atom is 0.127 e. The summed E-state index contributed by atoms with van der Waals surface area (Å²) in [6, 6.07) is 9.25. The molecule has 0 aliphatic carbocycles. The van der Waals surface area contributed by atoms with Gasteiger partial charge in [0.1, 0.15) is 5.82 Å². The smallest absolute Gasteiger partial charge is 0.127 e. The molecule has 6 heteroatoms. The first-order valence-electron chi connectivity index (χ1n) is 5.86. The third kappa shape index (κ3) is 3.62. The number of hydrogen-bond donors (Lipinski definition) is 2. The van der Waals surface area contributed by atoms with Crippen LogP contribution in [0.4, 0.5) is 4.39 Å². The number of rotatable bonds is 4. The molecule has 0 saturated heterocycles. The van der Waals surface area contributed by atoms with Gasteiger partial charge in [0.25, 0.3) is 0 Å². The minimum Gasteiger partial charge on any atom is -0.271 e. The molecular weight excluding hydrogens is 322 g/mol. The molecule has 1 unspecified atom stereocenters. The quantitative estimate of drug-likeness (QED) is 0.637. The van der Waals surface area contributed by atoms with Gasteiger partial charge in [-0.15, -0.1) is 0 Å². The summed E-state index contributed by atoms with van der Waals surface area (Å²) in [5.41, 5.74) is 3.85. The molecule has 0 bridgehead atoms. The molecule has 20 heavy (non-hydrogen) atoms. The van der Waals surface area contributed by atoms with E-state index in [-0.39, 0.29) is 11.9 Å². The predicted molar refractivity (Wildman–Crippen MR) is 81.6 cm³/mol. The standard InChI is InChI=1S/C14H12Cl3FN2/c15-9-3-4-12(17)11(6-9)14(20-19)5-8-1-2-10(16)7-13(8)18/h1-4,6-7,14,20H,5,19H2. The van der Waals surface area contributed by atoms with E-state index in [1.54, 1.807) is 30.3 Å². The van der Waals surface area contributed by atoms with Gasteiger partial charge in [0, 0.05) is 15.1 Å². The van der Waals surface area contributed by atoms with Crippen LogP contribution in [0.5, 0.6) is 0 Å². The molecule has 0 aliphatic rings. The molecule has 0 aliphatic heterocycles. The third-order valence-corrected chi connectivity index (χ3v) is 3.79. The predicted octanol–water partition coefficient (Wildman–Crippen LogP) is 4.53. The van der Waals surface area contributed by atoms with Crippen LogP contribution in [0.25, 0.3) is 0 Å². The average molecular weight is 334 g/mol. The lowest BCUT2D eigenvalue weighted by molar-refractivity contribution is 0.529. The van der Waals surface area contributed by atoms with Crippen molar-refractivity contribution in [2.75, 3.05) is 0 Å². The highest BCUT2D eigenvalue weighted by molar-refractivity contribution is 6.33. The minimum atomic E-state index is -0.379. The van der Waals surface area contributed by atoms with E-state index in [4.69, 9.17) is 40.6 Å². The lowest BCUT2D eigenvalue weighted by atomic mass is 9.99. The molecule has 2 aromatic rings. The van der Waals surface area contributed by atoms with Crippen molar-refractivity contribution in [3.8, 4) is 0 Å². The monoisotopic (exact) mass is 332 g/mol.